The number of benzene rings is 1. The summed E-state index contributed by atoms with van der Waals surface area (Å²) in [5.41, 5.74) is 9.79. The number of morpholine rings is 1. The zero-order valence-corrected chi connectivity index (χ0v) is 10.9. The van der Waals surface area contributed by atoms with Crippen molar-refractivity contribution in [3.63, 3.8) is 0 Å². The average Bonchev–Trinajstić information content (AvgIpc) is 2.32. The fraction of sp³-hybridized carbons (Fsp3) is 0.571. The number of likely N-dealkylation sites (N-methyl/N-ethyl adjacent to an activating group) is 1. The Labute approximate surface area is 104 Å². The van der Waals surface area contributed by atoms with Crippen LogP contribution in [-0.2, 0) is 4.74 Å². The molecule has 3 heteroatoms. The van der Waals surface area contributed by atoms with Crippen molar-refractivity contribution < 1.29 is 4.74 Å². The lowest BCUT2D eigenvalue weighted by Gasteiger charge is -2.39. The summed E-state index contributed by atoms with van der Waals surface area (Å²) in [6.45, 7) is 6.60. The first kappa shape index (κ1) is 12.6. The van der Waals surface area contributed by atoms with Gasteiger partial charge in [-0.25, -0.2) is 0 Å². The molecule has 1 fully saturated rings. The lowest BCUT2D eigenvalue weighted by atomic mass is 9.93. The summed E-state index contributed by atoms with van der Waals surface area (Å²) < 4.78 is 5.79. The van der Waals surface area contributed by atoms with Crippen molar-refractivity contribution in [2.24, 2.45) is 5.73 Å². The van der Waals surface area contributed by atoms with Crippen LogP contribution in [0.3, 0.4) is 0 Å². The van der Waals surface area contributed by atoms with E-state index in [2.05, 4.69) is 44.0 Å². The van der Waals surface area contributed by atoms with Gasteiger partial charge in [0.15, 0.2) is 0 Å². The number of ether oxygens (including phenoxy) is 1. The van der Waals surface area contributed by atoms with E-state index in [1.54, 1.807) is 0 Å². The van der Waals surface area contributed by atoms with Gasteiger partial charge in [-0.2, -0.15) is 0 Å². The topological polar surface area (TPSA) is 38.5 Å². The highest BCUT2D eigenvalue weighted by Gasteiger charge is 2.31. The maximum absolute atomic E-state index is 5.83. The minimum absolute atomic E-state index is 0.106. The predicted molar refractivity (Wildman–Crippen MR) is 70.1 cm³/mol. The largest absolute Gasteiger partial charge is 0.374 e. The molecule has 0 aliphatic carbocycles. The van der Waals surface area contributed by atoms with Crippen LogP contribution in [0.4, 0.5) is 0 Å². The molecule has 94 valence electrons. The maximum atomic E-state index is 5.83. The quantitative estimate of drug-likeness (QED) is 0.845. The molecule has 0 aromatic heterocycles. The summed E-state index contributed by atoms with van der Waals surface area (Å²) >= 11 is 0. The van der Waals surface area contributed by atoms with Gasteiger partial charge in [0.1, 0.15) is 0 Å². The first-order valence-corrected chi connectivity index (χ1v) is 6.22. The zero-order chi connectivity index (χ0) is 12.4. The first-order chi connectivity index (χ1) is 8.13. The van der Waals surface area contributed by atoms with E-state index in [1.807, 2.05) is 0 Å². The van der Waals surface area contributed by atoms with Crippen LogP contribution in [-0.4, -0.2) is 37.7 Å². The van der Waals surface area contributed by atoms with Crippen molar-refractivity contribution in [3.05, 3.63) is 34.9 Å². The fourth-order valence-corrected chi connectivity index (χ4v) is 2.58. The van der Waals surface area contributed by atoms with Gasteiger partial charge in [-0.15, -0.1) is 0 Å². The van der Waals surface area contributed by atoms with Crippen molar-refractivity contribution in [2.75, 3.05) is 26.7 Å². The minimum Gasteiger partial charge on any atom is -0.374 e. The second kappa shape index (κ2) is 5.17. The van der Waals surface area contributed by atoms with Gasteiger partial charge in [0.05, 0.1) is 18.8 Å². The smallest absolute Gasteiger partial charge is 0.0894 e. The van der Waals surface area contributed by atoms with Crippen LogP contribution in [0, 0.1) is 13.8 Å². The molecule has 1 aromatic carbocycles. The summed E-state index contributed by atoms with van der Waals surface area (Å²) in [4.78, 5) is 2.35. The van der Waals surface area contributed by atoms with Crippen LogP contribution >= 0.6 is 0 Å². The standard InChI is InChI=1S/C14H22N2O/c1-10-4-5-11(2)12(8-10)14-13(9-15)17-7-6-16(14)3/h4-5,8,13-14H,6-7,9,15H2,1-3H3. The van der Waals surface area contributed by atoms with Crippen LogP contribution in [0.2, 0.25) is 0 Å². The van der Waals surface area contributed by atoms with Gasteiger partial charge in [0.25, 0.3) is 0 Å². The number of hydrogen-bond donors (Lipinski definition) is 1. The number of rotatable bonds is 2. The van der Waals surface area contributed by atoms with E-state index in [4.69, 9.17) is 10.5 Å². The van der Waals surface area contributed by atoms with Gasteiger partial charge in [0.2, 0.25) is 0 Å². The molecule has 1 aliphatic rings. The fourth-order valence-electron chi connectivity index (χ4n) is 2.58. The molecule has 0 amide bonds. The molecule has 1 aromatic rings. The Morgan fingerprint density at radius 3 is 2.88 bits per heavy atom. The number of nitrogens with zero attached hydrogens (tertiary/aromatic N) is 1. The van der Waals surface area contributed by atoms with Gasteiger partial charge >= 0.3 is 0 Å². The van der Waals surface area contributed by atoms with Crippen LogP contribution in [0.25, 0.3) is 0 Å². The highest BCUT2D eigenvalue weighted by Crippen LogP contribution is 2.30. The van der Waals surface area contributed by atoms with Gasteiger partial charge in [0, 0.05) is 13.1 Å². The molecule has 2 rings (SSSR count). The van der Waals surface area contributed by atoms with Gasteiger partial charge in [-0.3, -0.25) is 4.90 Å². The average molecular weight is 234 g/mol. The second-order valence-corrected chi connectivity index (χ2v) is 4.93. The molecule has 2 N–H and O–H groups in total. The Hall–Kier alpha value is -0.900. The summed E-state index contributed by atoms with van der Waals surface area (Å²) in [6.07, 6.45) is 0.106. The number of nitrogens with two attached hydrogens (primary N) is 1. The van der Waals surface area contributed by atoms with Crippen LogP contribution in [0.1, 0.15) is 22.7 Å². The third kappa shape index (κ3) is 2.51. The van der Waals surface area contributed by atoms with Crippen LogP contribution < -0.4 is 5.73 Å². The van der Waals surface area contributed by atoms with E-state index in [0.29, 0.717) is 6.54 Å². The van der Waals surface area contributed by atoms with Crippen molar-refractivity contribution in [2.45, 2.75) is 26.0 Å². The SMILES string of the molecule is Cc1ccc(C)c(C2C(CN)OCCN2C)c1. The predicted octanol–water partition coefficient (Wildman–Crippen LogP) is 1.63. The molecule has 0 bridgehead atoms. The first-order valence-electron chi connectivity index (χ1n) is 6.22. The minimum atomic E-state index is 0.106. The zero-order valence-electron chi connectivity index (χ0n) is 10.9. The lowest BCUT2D eigenvalue weighted by molar-refractivity contribution is -0.0578. The molecule has 3 nitrogen and oxygen atoms in total. The Kier molecular flexibility index (Phi) is 3.82. The Morgan fingerprint density at radius 1 is 1.41 bits per heavy atom. The third-order valence-electron chi connectivity index (χ3n) is 3.59. The molecule has 0 saturated carbocycles. The highest BCUT2D eigenvalue weighted by atomic mass is 16.5. The molecular weight excluding hydrogens is 212 g/mol. The molecule has 1 heterocycles. The Balaban J connectivity index is 2.37. The van der Waals surface area contributed by atoms with E-state index < -0.39 is 0 Å². The number of hydrogen-bond acceptors (Lipinski definition) is 3. The monoisotopic (exact) mass is 234 g/mol. The molecule has 17 heavy (non-hydrogen) atoms. The summed E-state index contributed by atoms with van der Waals surface area (Å²) in [5, 5.41) is 0. The molecule has 2 unspecified atom stereocenters. The van der Waals surface area contributed by atoms with Gasteiger partial charge in [-0.1, -0.05) is 23.8 Å². The van der Waals surface area contributed by atoms with Gasteiger partial charge in [-0.05, 0) is 32.0 Å². The Morgan fingerprint density at radius 2 is 2.18 bits per heavy atom. The third-order valence-corrected chi connectivity index (χ3v) is 3.59. The molecule has 0 radical (unpaired) electrons. The Bertz CT molecular complexity index is 392. The molecule has 1 saturated heterocycles. The van der Waals surface area contributed by atoms with Crippen molar-refractivity contribution >= 4 is 0 Å². The van der Waals surface area contributed by atoms with Crippen molar-refractivity contribution in [3.8, 4) is 0 Å². The van der Waals surface area contributed by atoms with Crippen molar-refractivity contribution in [1.29, 1.82) is 0 Å². The van der Waals surface area contributed by atoms with Crippen LogP contribution in [0.15, 0.2) is 18.2 Å². The van der Waals surface area contributed by atoms with Crippen LogP contribution in [0.5, 0.6) is 0 Å². The molecule has 2 atom stereocenters. The lowest BCUT2D eigenvalue weighted by Crippen LogP contribution is -2.46. The number of aryl methyl sites for hydroxylation is 2. The van der Waals surface area contributed by atoms with E-state index in [9.17, 15) is 0 Å². The molecular formula is C14H22N2O. The maximum Gasteiger partial charge on any atom is 0.0894 e. The van der Waals surface area contributed by atoms with E-state index in [-0.39, 0.29) is 12.1 Å². The van der Waals surface area contributed by atoms with E-state index >= 15 is 0 Å². The van der Waals surface area contributed by atoms with E-state index in [0.717, 1.165) is 13.2 Å². The highest BCUT2D eigenvalue weighted by molar-refractivity contribution is 5.34. The molecule has 0 spiro atoms. The second-order valence-electron chi connectivity index (χ2n) is 4.93. The van der Waals surface area contributed by atoms with Gasteiger partial charge < -0.3 is 10.5 Å². The summed E-state index contributed by atoms with van der Waals surface area (Å²) in [7, 11) is 2.15. The normalized spacial score (nSPS) is 26.1. The summed E-state index contributed by atoms with van der Waals surface area (Å²) in [6, 6.07) is 6.88. The van der Waals surface area contributed by atoms with Crippen molar-refractivity contribution in [1.82, 2.24) is 4.90 Å². The van der Waals surface area contributed by atoms with E-state index in [1.165, 1.54) is 16.7 Å². The summed E-state index contributed by atoms with van der Waals surface area (Å²) in [5.74, 6) is 0. The molecule has 1 aliphatic heterocycles.